The molecule has 152 valence electrons. The summed E-state index contributed by atoms with van der Waals surface area (Å²) in [4.78, 5) is 14.7. The highest BCUT2D eigenvalue weighted by Gasteiger charge is 2.29. The summed E-state index contributed by atoms with van der Waals surface area (Å²) in [6.07, 6.45) is -4.36. The Morgan fingerprint density at radius 2 is 1.79 bits per heavy atom. The van der Waals surface area contributed by atoms with Gasteiger partial charge in [-0.1, -0.05) is 24.3 Å². The molecule has 6 nitrogen and oxygen atoms in total. The van der Waals surface area contributed by atoms with Crippen molar-refractivity contribution in [3.8, 4) is 0 Å². The van der Waals surface area contributed by atoms with Crippen molar-refractivity contribution < 1.29 is 18.1 Å². The number of alkyl halides is 3. The number of rotatable bonds is 6. The first-order chi connectivity index (χ1) is 12.8. The second-order valence-corrected chi connectivity index (χ2v) is 5.67. The van der Waals surface area contributed by atoms with Gasteiger partial charge in [-0.3, -0.25) is 10.1 Å². The normalized spacial score (nSPS) is 11.5. The predicted molar refractivity (Wildman–Crippen MR) is 112 cm³/mol. The number of nitrogens with zero attached hydrogens (tertiary/aromatic N) is 2. The van der Waals surface area contributed by atoms with E-state index in [0.29, 0.717) is 30.2 Å². The fourth-order valence-electron chi connectivity index (χ4n) is 2.28. The zero-order valence-electron chi connectivity index (χ0n) is 15.0. The first-order valence-corrected chi connectivity index (χ1v) is 8.21. The SMILES string of the molecule is CCNC(=NCc1cccc([N+](=O)[O-])c1)NCc1ccc(C(F)(F)F)cc1.I. The third kappa shape index (κ3) is 7.33. The lowest BCUT2D eigenvalue weighted by molar-refractivity contribution is -0.384. The van der Waals surface area contributed by atoms with E-state index < -0.39 is 16.7 Å². The Labute approximate surface area is 177 Å². The van der Waals surface area contributed by atoms with E-state index in [4.69, 9.17) is 0 Å². The minimum atomic E-state index is -4.36. The molecular weight excluding hydrogens is 488 g/mol. The number of halogens is 4. The Morgan fingerprint density at radius 3 is 2.36 bits per heavy atom. The van der Waals surface area contributed by atoms with E-state index in [2.05, 4.69) is 15.6 Å². The summed E-state index contributed by atoms with van der Waals surface area (Å²) in [7, 11) is 0. The van der Waals surface area contributed by atoms with Crippen molar-refractivity contribution in [3.63, 3.8) is 0 Å². The molecule has 0 atom stereocenters. The molecule has 10 heteroatoms. The molecule has 0 aliphatic rings. The van der Waals surface area contributed by atoms with Gasteiger partial charge in [0.1, 0.15) is 0 Å². The molecule has 0 bridgehead atoms. The quantitative estimate of drug-likeness (QED) is 0.198. The number of hydrogen-bond donors (Lipinski definition) is 2. The van der Waals surface area contributed by atoms with Gasteiger partial charge in [0.2, 0.25) is 0 Å². The van der Waals surface area contributed by atoms with Crippen molar-refractivity contribution in [1.82, 2.24) is 10.6 Å². The van der Waals surface area contributed by atoms with Crippen LogP contribution in [0.1, 0.15) is 23.6 Å². The van der Waals surface area contributed by atoms with Crippen molar-refractivity contribution in [1.29, 1.82) is 0 Å². The molecule has 2 N–H and O–H groups in total. The Bertz CT molecular complexity index is 811. The zero-order chi connectivity index (χ0) is 19.9. The minimum Gasteiger partial charge on any atom is -0.357 e. The summed E-state index contributed by atoms with van der Waals surface area (Å²) < 4.78 is 37.8. The van der Waals surface area contributed by atoms with Gasteiger partial charge in [-0.2, -0.15) is 13.2 Å². The Hall–Kier alpha value is -2.37. The minimum absolute atomic E-state index is 0. The van der Waals surface area contributed by atoms with Crippen LogP contribution in [0.15, 0.2) is 53.5 Å². The van der Waals surface area contributed by atoms with Crippen LogP contribution in [0.25, 0.3) is 0 Å². The average molecular weight is 508 g/mol. The summed E-state index contributed by atoms with van der Waals surface area (Å²) in [5.74, 6) is 0.462. The molecule has 0 saturated carbocycles. The number of nitro groups is 1. The highest BCUT2D eigenvalue weighted by molar-refractivity contribution is 14.0. The number of hydrogen-bond acceptors (Lipinski definition) is 3. The smallest absolute Gasteiger partial charge is 0.357 e. The van der Waals surface area contributed by atoms with Crippen LogP contribution in [-0.4, -0.2) is 17.4 Å². The fourth-order valence-corrected chi connectivity index (χ4v) is 2.28. The van der Waals surface area contributed by atoms with E-state index in [0.717, 1.165) is 12.1 Å². The second-order valence-electron chi connectivity index (χ2n) is 5.67. The molecule has 0 amide bonds. The number of non-ortho nitro benzene ring substituents is 1. The Kier molecular flexibility index (Phi) is 9.16. The predicted octanol–water partition coefficient (Wildman–Crippen LogP) is 4.49. The maximum absolute atomic E-state index is 12.6. The van der Waals surface area contributed by atoms with Crippen LogP contribution in [0.5, 0.6) is 0 Å². The molecule has 0 fully saturated rings. The molecule has 0 saturated heterocycles. The zero-order valence-corrected chi connectivity index (χ0v) is 17.3. The van der Waals surface area contributed by atoms with Crippen LogP contribution >= 0.6 is 24.0 Å². The van der Waals surface area contributed by atoms with Gasteiger partial charge in [0.15, 0.2) is 5.96 Å². The van der Waals surface area contributed by atoms with Gasteiger partial charge in [-0.15, -0.1) is 24.0 Å². The Balaban J connectivity index is 0.00000392. The standard InChI is InChI=1S/C18H19F3N4O2.HI/c1-2-22-17(24-12-14-4-3-5-16(10-14)25(26)27)23-11-13-6-8-15(9-7-13)18(19,20)21;/h3-10H,2,11-12H2,1H3,(H2,22,23,24);1H. The van der Waals surface area contributed by atoms with Crippen molar-refractivity contribution in [2.45, 2.75) is 26.2 Å². The maximum atomic E-state index is 12.6. The molecular formula is C18H20F3IN4O2. The van der Waals surface area contributed by atoms with Gasteiger partial charge in [-0.05, 0) is 30.2 Å². The third-order valence-corrected chi connectivity index (χ3v) is 3.63. The summed E-state index contributed by atoms with van der Waals surface area (Å²) >= 11 is 0. The van der Waals surface area contributed by atoms with Gasteiger partial charge < -0.3 is 10.6 Å². The second kappa shape index (κ2) is 10.8. The van der Waals surface area contributed by atoms with Gasteiger partial charge >= 0.3 is 6.18 Å². The van der Waals surface area contributed by atoms with E-state index >= 15 is 0 Å². The van der Waals surface area contributed by atoms with Crippen LogP contribution in [0.2, 0.25) is 0 Å². The fraction of sp³-hybridized carbons (Fsp3) is 0.278. The van der Waals surface area contributed by atoms with Gasteiger partial charge in [-0.25, -0.2) is 4.99 Å². The van der Waals surface area contributed by atoms with Crippen LogP contribution in [0, 0.1) is 10.1 Å². The first-order valence-electron chi connectivity index (χ1n) is 8.21. The van der Waals surface area contributed by atoms with Crippen LogP contribution in [-0.2, 0) is 19.3 Å². The van der Waals surface area contributed by atoms with Crippen LogP contribution in [0.4, 0.5) is 18.9 Å². The molecule has 0 aromatic heterocycles. The lowest BCUT2D eigenvalue weighted by Crippen LogP contribution is -2.36. The van der Waals surface area contributed by atoms with E-state index in [1.54, 1.807) is 12.1 Å². The molecule has 0 radical (unpaired) electrons. The number of nitrogens with one attached hydrogen (secondary N) is 2. The molecule has 0 unspecified atom stereocenters. The van der Waals surface area contributed by atoms with Crippen LogP contribution < -0.4 is 10.6 Å². The summed E-state index contributed by atoms with van der Waals surface area (Å²) in [5.41, 5.74) is 0.641. The van der Waals surface area contributed by atoms with E-state index in [1.807, 2.05) is 6.92 Å². The molecule has 0 spiro atoms. The van der Waals surface area contributed by atoms with Crippen molar-refractivity contribution in [2.75, 3.05) is 6.54 Å². The average Bonchev–Trinajstić information content (AvgIpc) is 2.64. The molecule has 2 aromatic carbocycles. The van der Waals surface area contributed by atoms with Crippen LogP contribution in [0.3, 0.4) is 0 Å². The van der Waals surface area contributed by atoms with Crippen molar-refractivity contribution in [3.05, 3.63) is 75.3 Å². The largest absolute Gasteiger partial charge is 0.416 e. The number of benzene rings is 2. The highest BCUT2D eigenvalue weighted by Crippen LogP contribution is 2.29. The van der Waals surface area contributed by atoms with Crippen molar-refractivity contribution >= 4 is 35.6 Å². The number of nitro benzene ring substituents is 1. The number of guanidine groups is 1. The molecule has 0 aliphatic heterocycles. The topological polar surface area (TPSA) is 79.6 Å². The molecule has 28 heavy (non-hydrogen) atoms. The third-order valence-electron chi connectivity index (χ3n) is 3.63. The van der Waals surface area contributed by atoms with E-state index in [-0.39, 0.29) is 36.2 Å². The summed E-state index contributed by atoms with van der Waals surface area (Å²) in [6, 6.07) is 11.0. The maximum Gasteiger partial charge on any atom is 0.416 e. The molecule has 0 heterocycles. The lowest BCUT2D eigenvalue weighted by atomic mass is 10.1. The van der Waals surface area contributed by atoms with Gasteiger partial charge in [0, 0.05) is 25.2 Å². The van der Waals surface area contributed by atoms with Gasteiger partial charge in [0.05, 0.1) is 17.0 Å². The van der Waals surface area contributed by atoms with Crippen molar-refractivity contribution in [2.24, 2.45) is 4.99 Å². The molecule has 0 aliphatic carbocycles. The molecule has 2 aromatic rings. The lowest BCUT2D eigenvalue weighted by Gasteiger charge is -2.12. The molecule has 2 rings (SSSR count). The van der Waals surface area contributed by atoms with E-state index in [9.17, 15) is 23.3 Å². The number of aliphatic imine (C=N–C) groups is 1. The monoisotopic (exact) mass is 508 g/mol. The summed E-state index contributed by atoms with van der Waals surface area (Å²) in [5, 5.41) is 16.9. The van der Waals surface area contributed by atoms with Gasteiger partial charge in [0.25, 0.3) is 5.69 Å². The van der Waals surface area contributed by atoms with E-state index in [1.165, 1.54) is 24.3 Å². The first kappa shape index (κ1) is 23.7. The highest BCUT2D eigenvalue weighted by atomic mass is 127. The summed E-state index contributed by atoms with van der Waals surface area (Å²) in [6.45, 7) is 2.99. The Morgan fingerprint density at radius 1 is 1.11 bits per heavy atom.